The molecule has 0 saturated carbocycles. The summed E-state index contributed by atoms with van der Waals surface area (Å²) in [6.45, 7) is 11.9. The highest BCUT2D eigenvalue weighted by Gasteiger charge is 2.24. The standard InChI is InChI=1S/C15H33NO/c1-4-7-11-16(12-8-5-2,13-9-6-3)14-10-15-17/h4-15H2,1-3H3. The van der Waals surface area contributed by atoms with Gasteiger partial charge in [-0.25, -0.2) is 0 Å². The predicted molar refractivity (Wildman–Crippen MR) is 73.9 cm³/mol. The molecule has 0 radical (unpaired) electrons. The zero-order valence-corrected chi connectivity index (χ0v) is 12.3. The molecule has 0 amide bonds. The second-order valence-corrected chi connectivity index (χ2v) is 5.35. The summed E-state index contributed by atoms with van der Waals surface area (Å²) in [5.74, 6) is 0. The normalized spacial score (nSPS) is 12.0. The molecule has 0 aliphatic heterocycles. The molecule has 0 aliphatic carbocycles. The van der Waals surface area contributed by atoms with Gasteiger partial charge in [-0.15, -0.1) is 6.61 Å². The van der Waals surface area contributed by atoms with Gasteiger partial charge in [0.2, 0.25) is 0 Å². The molecule has 0 heterocycles. The van der Waals surface area contributed by atoms with Gasteiger partial charge in [-0.05, 0) is 25.7 Å². The molecule has 0 fully saturated rings. The van der Waals surface area contributed by atoms with Crippen LogP contribution in [0.25, 0.3) is 0 Å². The highest BCUT2D eigenvalue weighted by Crippen LogP contribution is 2.15. The van der Waals surface area contributed by atoms with Crippen LogP contribution in [0.5, 0.6) is 0 Å². The quantitative estimate of drug-likeness (QED) is 0.483. The van der Waals surface area contributed by atoms with Crippen LogP contribution in [0.2, 0.25) is 0 Å². The van der Waals surface area contributed by atoms with Crippen LogP contribution in [0.15, 0.2) is 0 Å². The van der Waals surface area contributed by atoms with Crippen molar-refractivity contribution in [2.24, 2.45) is 0 Å². The van der Waals surface area contributed by atoms with Gasteiger partial charge < -0.3 is 9.59 Å². The molecule has 0 rings (SSSR count). The van der Waals surface area contributed by atoms with E-state index >= 15 is 0 Å². The highest BCUT2D eigenvalue weighted by atomic mass is 16.3. The Bertz CT molecular complexity index is 121. The van der Waals surface area contributed by atoms with Crippen LogP contribution in [0.1, 0.15) is 65.7 Å². The summed E-state index contributed by atoms with van der Waals surface area (Å²) >= 11 is 0. The van der Waals surface area contributed by atoms with Gasteiger partial charge in [0.05, 0.1) is 26.2 Å². The fourth-order valence-electron chi connectivity index (χ4n) is 2.55. The van der Waals surface area contributed by atoms with Crippen molar-refractivity contribution in [1.82, 2.24) is 0 Å². The molecule has 0 bridgehead atoms. The summed E-state index contributed by atoms with van der Waals surface area (Å²) in [6.07, 6.45) is 8.61. The lowest BCUT2D eigenvalue weighted by molar-refractivity contribution is -0.929. The third-order valence-corrected chi connectivity index (χ3v) is 3.73. The van der Waals surface area contributed by atoms with Gasteiger partial charge in [-0.2, -0.15) is 0 Å². The van der Waals surface area contributed by atoms with E-state index < -0.39 is 0 Å². The Balaban J connectivity index is 4.39. The smallest absolute Gasteiger partial charge is 0.0786 e. The first-order valence-electron chi connectivity index (χ1n) is 7.67. The fraction of sp³-hybridized carbons (Fsp3) is 1.00. The first-order valence-corrected chi connectivity index (χ1v) is 7.67. The second kappa shape index (κ2) is 11.0. The minimum Gasteiger partial charge on any atom is -0.854 e. The lowest BCUT2D eigenvalue weighted by atomic mass is 10.1. The van der Waals surface area contributed by atoms with Gasteiger partial charge in [0.1, 0.15) is 0 Å². The van der Waals surface area contributed by atoms with Gasteiger partial charge in [-0.1, -0.05) is 40.0 Å². The lowest BCUT2D eigenvalue weighted by Crippen LogP contribution is -2.51. The number of nitrogens with zero attached hydrogens (tertiary/aromatic N) is 1. The molecule has 2 heteroatoms. The number of quaternary nitrogens is 1. The van der Waals surface area contributed by atoms with Crippen LogP contribution in [-0.2, 0) is 0 Å². The third kappa shape index (κ3) is 7.77. The van der Waals surface area contributed by atoms with Crippen molar-refractivity contribution in [3.05, 3.63) is 0 Å². The van der Waals surface area contributed by atoms with Gasteiger partial charge >= 0.3 is 0 Å². The molecule has 0 aromatic rings. The zero-order chi connectivity index (χ0) is 13.0. The van der Waals surface area contributed by atoms with Crippen molar-refractivity contribution in [2.75, 3.05) is 32.8 Å². The van der Waals surface area contributed by atoms with Crippen LogP contribution in [0, 0.1) is 0 Å². The summed E-state index contributed by atoms with van der Waals surface area (Å²) in [4.78, 5) is 0. The molecule has 0 aromatic heterocycles. The zero-order valence-electron chi connectivity index (χ0n) is 12.3. The van der Waals surface area contributed by atoms with E-state index in [1.54, 1.807) is 0 Å². The average molecular weight is 243 g/mol. The Morgan fingerprint density at radius 1 is 0.647 bits per heavy atom. The summed E-state index contributed by atoms with van der Waals surface area (Å²) in [5, 5.41) is 10.8. The molecule has 0 aliphatic rings. The van der Waals surface area contributed by atoms with Crippen molar-refractivity contribution < 1.29 is 9.59 Å². The molecule has 0 spiro atoms. The van der Waals surface area contributed by atoms with E-state index in [9.17, 15) is 5.11 Å². The van der Waals surface area contributed by atoms with E-state index in [4.69, 9.17) is 0 Å². The molecular weight excluding hydrogens is 210 g/mol. The largest absolute Gasteiger partial charge is 0.854 e. The number of hydrogen-bond donors (Lipinski definition) is 0. The van der Waals surface area contributed by atoms with Crippen molar-refractivity contribution in [1.29, 1.82) is 0 Å². The van der Waals surface area contributed by atoms with E-state index in [2.05, 4.69) is 20.8 Å². The van der Waals surface area contributed by atoms with Gasteiger partial charge in [0, 0.05) is 0 Å². The van der Waals surface area contributed by atoms with Gasteiger partial charge in [0.25, 0.3) is 0 Å². The molecule has 0 unspecified atom stereocenters. The predicted octanol–water partition coefficient (Wildman–Crippen LogP) is 2.95. The molecule has 17 heavy (non-hydrogen) atoms. The average Bonchev–Trinajstić information content (AvgIpc) is 2.37. The number of rotatable bonds is 12. The van der Waals surface area contributed by atoms with E-state index in [0.717, 1.165) is 13.0 Å². The number of hydrogen-bond acceptors (Lipinski definition) is 1. The molecule has 2 nitrogen and oxygen atoms in total. The van der Waals surface area contributed by atoms with E-state index in [1.165, 1.54) is 62.6 Å². The summed E-state index contributed by atoms with van der Waals surface area (Å²) in [7, 11) is 0. The van der Waals surface area contributed by atoms with Crippen LogP contribution in [0.4, 0.5) is 0 Å². The van der Waals surface area contributed by atoms with Crippen molar-refractivity contribution in [3.8, 4) is 0 Å². The Labute approximate surface area is 109 Å². The summed E-state index contributed by atoms with van der Waals surface area (Å²) < 4.78 is 1.22. The van der Waals surface area contributed by atoms with Gasteiger partial charge in [-0.3, -0.25) is 0 Å². The van der Waals surface area contributed by atoms with Crippen molar-refractivity contribution in [2.45, 2.75) is 65.7 Å². The van der Waals surface area contributed by atoms with E-state index in [1.807, 2.05) is 0 Å². The monoisotopic (exact) mass is 243 g/mol. The first kappa shape index (κ1) is 16.9. The van der Waals surface area contributed by atoms with Crippen LogP contribution in [0.3, 0.4) is 0 Å². The minimum atomic E-state index is 0.102. The Kier molecular flexibility index (Phi) is 11.0. The Morgan fingerprint density at radius 2 is 1.00 bits per heavy atom. The number of unbranched alkanes of at least 4 members (excludes halogenated alkanes) is 3. The molecule has 0 saturated heterocycles. The second-order valence-electron chi connectivity index (χ2n) is 5.35. The SMILES string of the molecule is CCCC[N+](CCCC)(CCCC)CCC[O-]. The fourth-order valence-corrected chi connectivity index (χ4v) is 2.55. The maximum Gasteiger partial charge on any atom is 0.0786 e. The first-order chi connectivity index (χ1) is 8.24. The molecule has 0 aromatic carbocycles. The maximum absolute atomic E-state index is 10.8. The van der Waals surface area contributed by atoms with E-state index in [0.29, 0.717) is 0 Å². The molecular formula is C15H33NO. The Morgan fingerprint density at radius 3 is 1.29 bits per heavy atom. The van der Waals surface area contributed by atoms with E-state index in [-0.39, 0.29) is 6.61 Å². The summed E-state index contributed by atoms with van der Waals surface area (Å²) in [6, 6.07) is 0. The van der Waals surface area contributed by atoms with Crippen LogP contribution in [-0.4, -0.2) is 37.3 Å². The third-order valence-electron chi connectivity index (χ3n) is 3.73. The lowest BCUT2D eigenvalue weighted by Gasteiger charge is -2.39. The molecule has 0 N–H and O–H groups in total. The van der Waals surface area contributed by atoms with Crippen LogP contribution < -0.4 is 5.11 Å². The topological polar surface area (TPSA) is 23.1 Å². The highest BCUT2D eigenvalue weighted by molar-refractivity contribution is 4.49. The van der Waals surface area contributed by atoms with Crippen LogP contribution >= 0.6 is 0 Å². The maximum atomic E-state index is 10.8. The molecule has 104 valence electrons. The molecule has 0 atom stereocenters. The Hall–Kier alpha value is -0.0800. The van der Waals surface area contributed by atoms with Crippen molar-refractivity contribution in [3.63, 3.8) is 0 Å². The van der Waals surface area contributed by atoms with Crippen molar-refractivity contribution >= 4 is 0 Å². The summed E-state index contributed by atoms with van der Waals surface area (Å²) in [5.41, 5.74) is 0. The van der Waals surface area contributed by atoms with Gasteiger partial charge in [0.15, 0.2) is 0 Å². The minimum absolute atomic E-state index is 0.102.